The van der Waals surface area contributed by atoms with Crippen LogP contribution in [0.3, 0.4) is 0 Å². The summed E-state index contributed by atoms with van der Waals surface area (Å²) >= 11 is 7.35. The third kappa shape index (κ3) is 6.44. The van der Waals surface area contributed by atoms with Gasteiger partial charge in [-0.25, -0.2) is 4.98 Å². The topological polar surface area (TPSA) is 71.5 Å². The van der Waals surface area contributed by atoms with Crippen LogP contribution in [0.5, 0.6) is 5.75 Å². The second kappa shape index (κ2) is 10.6. The molecule has 1 saturated heterocycles. The highest BCUT2D eigenvalue weighted by Crippen LogP contribution is 2.20. The molecule has 29 heavy (non-hydrogen) atoms. The van der Waals surface area contributed by atoms with Gasteiger partial charge in [-0.15, -0.1) is 11.3 Å². The van der Waals surface area contributed by atoms with Crippen molar-refractivity contribution in [2.75, 3.05) is 19.6 Å². The predicted octanol–water partition coefficient (Wildman–Crippen LogP) is 3.68. The fourth-order valence-corrected chi connectivity index (χ4v) is 4.08. The Kier molecular flexibility index (Phi) is 7.89. The number of carbonyl (C=O) groups excluding carboxylic acids is 2. The molecule has 0 bridgehead atoms. The molecule has 1 N–H and O–H groups in total. The number of hydrogen-bond acceptors (Lipinski definition) is 5. The second-order valence-electron chi connectivity index (χ2n) is 7.12. The Morgan fingerprint density at radius 3 is 2.90 bits per heavy atom. The maximum Gasteiger partial charge on any atom is 0.228 e. The van der Waals surface area contributed by atoms with Gasteiger partial charge in [-0.2, -0.15) is 0 Å². The van der Waals surface area contributed by atoms with E-state index in [0.717, 1.165) is 35.7 Å². The molecule has 1 aliphatic heterocycles. The molecule has 2 aromatic rings. The normalized spacial score (nSPS) is 16.5. The summed E-state index contributed by atoms with van der Waals surface area (Å²) in [6.07, 6.45) is 2.85. The van der Waals surface area contributed by atoms with Crippen LogP contribution in [0.15, 0.2) is 29.6 Å². The fourth-order valence-electron chi connectivity index (χ4n) is 3.25. The van der Waals surface area contributed by atoms with Crippen LogP contribution in [0.1, 0.15) is 36.9 Å². The van der Waals surface area contributed by atoms with Gasteiger partial charge >= 0.3 is 0 Å². The van der Waals surface area contributed by atoms with Gasteiger partial charge in [-0.05, 0) is 43.5 Å². The number of thiazole rings is 1. The number of likely N-dealkylation sites (tertiary alicyclic amines) is 1. The maximum atomic E-state index is 12.7. The van der Waals surface area contributed by atoms with Crippen LogP contribution in [0.25, 0.3) is 0 Å². The molecule has 0 saturated carbocycles. The van der Waals surface area contributed by atoms with Gasteiger partial charge in [0.1, 0.15) is 17.4 Å². The van der Waals surface area contributed by atoms with Crippen LogP contribution < -0.4 is 10.1 Å². The van der Waals surface area contributed by atoms with Crippen LogP contribution in [0, 0.1) is 5.92 Å². The number of nitrogens with zero attached hydrogens (tertiary/aromatic N) is 2. The number of carbonyl (C=O) groups is 2. The van der Waals surface area contributed by atoms with E-state index in [9.17, 15) is 9.59 Å². The zero-order valence-electron chi connectivity index (χ0n) is 16.5. The number of piperidine rings is 1. The van der Waals surface area contributed by atoms with E-state index < -0.39 is 0 Å². The highest BCUT2D eigenvalue weighted by molar-refractivity contribution is 7.09. The minimum Gasteiger partial charge on any atom is -0.486 e. The van der Waals surface area contributed by atoms with Crippen molar-refractivity contribution in [1.82, 2.24) is 15.2 Å². The number of halogens is 1. The molecule has 1 unspecified atom stereocenters. The smallest absolute Gasteiger partial charge is 0.228 e. The number of hydrogen-bond donors (Lipinski definition) is 1. The highest BCUT2D eigenvalue weighted by atomic mass is 35.5. The van der Waals surface area contributed by atoms with E-state index >= 15 is 0 Å². The second-order valence-corrected chi connectivity index (χ2v) is 8.50. The van der Waals surface area contributed by atoms with Crippen molar-refractivity contribution >= 4 is 34.8 Å². The number of rotatable bonds is 8. The molecule has 1 aromatic carbocycles. The number of nitrogens with one attached hydrogen (secondary N) is 1. The first-order valence-electron chi connectivity index (χ1n) is 9.92. The first-order valence-corrected chi connectivity index (χ1v) is 11.2. The third-order valence-corrected chi connectivity index (χ3v) is 5.92. The number of aromatic nitrogens is 1. The summed E-state index contributed by atoms with van der Waals surface area (Å²) < 4.78 is 5.70. The van der Waals surface area contributed by atoms with Crippen LogP contribution >= 0.6 is 22.9 Å². The SMILES string of the molecule is CCCNC(=O)C1CCCN(C(=O)Cc2csc(COc3ccc(Cl)cc3)n2)C1. The quantitative estimate of drug-likeness (QED) is 0.686. The summed E-state index contributed by atoms with van der Waals surface area (Å²) in [7, 11) is 0. The van der Waals surface area contributed by atoms with Crippen molar-refractivity contribution in [2.45, 2.75) is 39.2 Å². The number of benzene rings is 1. The molecule has 1 atom stereocenters. The molecule has 3 rings (SSSR count). The Balaban J connectivity index is 1.49. The molecule has 8 heteroatoms. The van der Waals surface area contributed by atoms with Gasteiger partial charge in [0.2, 0.25) is 11.8 Å². The first kappa shape index (κ1) is 21.6. The summed E-state index contributed by atoms with van der Waals surface area (Å²) in [5.41, 5.74) is 0.743. The lowest BCUT2D eigenvalue weighted by Gasteiger charge is -2.32. The largest absolute Gasteiger partial charge is 0.486 e. The van der Waals surface area contributed by atoms with Gasteiger partial charge in [0, 0.05) is 30.0 Å². The summed E-state index contributed by atoms with van der Waals surface area (Å²) in [6, 6.07) is 7.17. The molecule has 1 aromatic heterocycles. The van der Waals surface area contributed by atoms with Crippen LogP contribution in [-0.4, -0.2) is 41.3 Å². The van der Waals surface area contributed by atoms with Gasteiger partial charge in [0.15, 0.2) is 0 Å². The average molecular weight is 436 g/mol. The molecule has 156 valence electrons. The number of amides is 2. The minimum atomic E-state index is -0.113. The standard InChI is InChI=1S/C21H26ClN3O3S/c1-2-9-23-21(27)15-4-3-10-25(12-15)20(26)11-17-14-29-19(24-17)13-28-18-7-5-16(22)6-8-18/h5-8,14-15H,2-4,9-13H2,1H3,(H,23,27). The lowest BCUT2D eigenvalue weighted by Crippen LogP contribution is -2.46. The van der Waals surface area contributed by atoms with Crippen molar-refractivity contribution in [3.8, 4) is 5.75 Å². The van der Waals surface area contributed by atoms with E-state index in [-0.39, 0.29) is 24.2 Å². The molecular weight excluding hydrogens is 410 g/mol. The summed E-state index contributed by atoms with van der Waals surface area (Å²) in [4.78, 5) is 31.2. The Morgan fingerprint density at radius 1 is 1.34 bits per heavy atom. The van der Waals surface area contributed by atoms with Gasteiger partial charge < -0.3 is 15.0 Å². The molecular formula is C21H26ClN3O3S. The number of ether oxygens (including phenoxy) is 1. The lowest BCUT2D eigenvalue weighted by molar-refractivity contribution is -0.135. The zero-order chi connectivity index (χ0) is 20.6. The molecule has 0 spiro atoms. The fraction of sp³-hybridized carbons (Fsp3) is 0.476. The van der Waals surface area contributed by atoms with Crippen LogP contribution in [0.4, 0.5) is 0 Å². The van der Waals surface area contributed by atoms with Crippen molar-refractivity contribution in [3.63, 3.8) is 0 Å². The van der Waals surface area contributed by atoms with Crippen LogP contribution in [-0.2, 0) is 22.6 Å². The lowest BCUT2D eigenvalue weighted by atomic mass is 9.96. The van der Waals surface area contributed by atoms with Gasteiger partial charge in [0.05, 0.1) is 18.0 Å². The molecule has 2 amide bonds. The van der Waals surface area contributed by atoms with E-state index in [0.29, 0.717) is 31.3 Å². The van der Waals surface area contributed by atoms with Crippen molar-refractivity contribution in [1.29, 1.82) is 0 Å². The summed E-state index contributed by atoms with van der Waals surface area (Å²) in [5.74, 6) is 0.689. The van der Waals surface area contributed by atoms with Gasteiger partial charge in [-0.1, -0.05) is 18.5 Å². The average Bonchev–Trinajstić information content (AvgIpc) is 3.19. The Labute approximate surface area is 180 Å². The summed E-state index contributed by atoms with van der Waals surface area (Å²) in [5, 5.41) is 6.31. The van der Waals surface area contributed by atoms with Crippen LogP contribution in [0.2, 0.25) is 5.02 Å². The molecule has 0 radical (unpaired) electrons. The summed E-state index contributed by atoms with van der Waals surface area (Å²) in [6.45, 7) is 4.25. The van der Waals surface area contributed by atoms with Crippen molar-refractivity contribution < 1.29 is 14.3 Å². The molecule has 6 nitrogen and oxygen atoms in total. The third-order valence-electron chi connectivity index (χ3n) is 4.80. The van der Waals surface area contributed by atoms with E-state index in [4.69, 9.17) is 16.3 Å². The maximum absolute atomic E-state index is 12.7. The Bertz CT molecular complexity index is 825. The monoisotopic (exact) mass is 435 g/mol. The molecule has 1 fully saturated rings. The molecule has 1 aliphatic rings. The van der Waals surface area contributed by atoms with Crippen molar-refractivity contribution in [2.24, 2.45) is 5.92 Å². The zero-order valence-corrected chi connectivity index (χ0v) is 18.1. The Hall–Kier alpha value is -2.12. The van der Waals surface area contributed by atoms with E-state index in [1.54, 1.807) is 17.0 Å². The van der Waals surface area contributed by atoms with E-state index in [1.807, 2.05) is 24.4 Å². The molecule has 2 heterocycles. The van der Waals surface area contributed by atoms with E-state index in [2.05, 4.69) is 10.3 Å². The molecule has 0 aliphatic carbocycles. The minimum absolute atomic E-state index is 0.0217. The first-order chi connectivity index (χ1) is 14.0. The van der Waals surface area contributed by atoms with Crippen molar-refractivity contribution in [3.05, 3.63) is 45.4 Å². The highest BCUT2D eigenvalue weighted by Gasteiger charge is 2.28. The predicted molar refractivity (Wildman–Crippen MR) is 114 cm³/mol. The van der Waals surface area contributed by atoms with Gasteiger partial charge in [-0.3, -0.25) is 9.59 Å². The Morgan fingerprint density at radius 2 is 2.14 bits per heavy atom. The van der Waals surface area contributed by atoms with Gasteiger partial charge in [0.25, 0.3) is 0 Å². The van der Waals surface area contributed by atoms with E-state index in [1.165, 1.54) is 11.3 Å².